The number of rotatable bonds is 6. The zero-order valence-electron chi connectivity index (χ0n) is 19.5. The fourth-order valence-corrected chi connectivity index (χ4v) is 6.20. The average molecular weight is 483 g/mol. The molecular formula is C24H30N6O3S. The van der Waals surface area contributed by atoms with E-state index in [2.05, 4.69) is 15.4 Å². The quantitative estimate of drug-likeness (QED) is 0.580. The van der Waals surface area contributed by atoms with Gasteiger partial charge in [-0.3, -0.25) is 23.6 Å². The molecule has 1 aliphatic carbocycles. The molecule has 2 aliphatic rings. The fraction of sp³-hybridized carbons (Fsp3) is 0.542. The summed E-state index contributed by atoms with van der Waals surface area (Å²) in [7, 11) is 1.78. The van der Waals surface area contributed by atoms with Crippen LogP contribution >= 0.6 is 11.3 Å². The van der Waals surface area contributed by atoms with Crippen LogP contribution in [0.25, 0.3) is 10.2 Å². The summed E-state index contributed by atoms with van der Waals surface area (Å²) < 4.78 is 3.21. The number of carbonyl (C=O) groups excluding carboxylic acids is 2. The second-order valence-electron chi connectivity index (χ2n) is 9.32. The monoisotopic (exact) mass is 482 g/mol. The van der Waals surface area contributed by atoms with Gasteiger partial charge in [-0.1, -0.05) is 0 Å². The van der Waals surface area contributed by atoms with Gasteiger partial charge in [0.15, 0.2) is 0 Å². The van der Waals surface area contributed by atoms with E-state index in [1.165, 1.54) is 16.9 Å². The third-order valence-electron chi connectivity index (χ3n) is 6.99. The third-order valence-corrected chi connectivity index (χ3v) is 8.19. The molecule has 0 atom stereocenters. The summed E-state index contributed by atoms with van der Waals surface area (Å²) in [5.74, 6) is 0.301. The van der Waals surface area contributed by atoms with E-state index in [0.29, 0.717) is 44.1 Å². The first-order chi connectivity index (χ1) is 16.5. The van der Waals surface area contributed by atoms with Crippen LogP contribution in [-0.4, -0.2) is 55.7 Å². The third kappa shape index (κ3) is 4.64. The molecule has 0 unspecified atom stereocenters. The Morgan fingerprint density at radius 1 is 1.21 bits per heavy atom. The average Bonchev–Trinajstić information content (AvgIpc) is 3.46. The van der Waals surface area contributed by atoms with E-state index >= 15 is 0 Å². The lowest BCUT2D eigenvalue weighted by molar-refractivity contribution is -0.132. The zero-order valence-corrected chi connectivity index (χ0v) is 20.3. The first kappa shape index (κ1) is 22.8. The van der Waals surface area contributed by atoms with Crippen LogP contribution in [0.2, 0.25) is 0 Å². The van der Waals surface area contributed by atoms with Crippen LogP contribution in [0.1, 0.15) is 52.9 Å². The number of fused-ring (bicyclic) bond motifs is 3. The lowest BCUT2D eigenvalue weighted by Crippen LogP contribution is -2.42. The van der Waals surface area contributed by atoms with Crippen molar-refractivity contribution in [3.05, 3.63) is 45.1 Å². The first-order valence-electron chi connectivity index (χ1n) is 12.0. The summed E-state index contributed by atoms with van der Waals surface area (Å²) in [6.45, 7) is 2.31. The van der Waals surface area contributed by atoms with Crippen LogP contribution in [0.4, 0.5) is 0 Å². The molecule has 0 saturated carbocycles. The van der Waals surface area contributed by atoms with Crippen molar-refractivity contribution in [2.75, 3.05) is 19.6 Å². The number of likely N-dealkylation sites (tertiary alicyclic amines) is 1. The molecule has 0 spiro atoms. The minimum absolute atomic E-state index is 0.0136. The minimum atomic E-state index is -0.116. The molecule has 1 N–H and O–H groups in total. The maximum Gasteiger partial charge on any atom is 0.262 e. The normalized spacial score (nSPS) is 16.6. The van der Waals surface area contributed by atoms with Crippen LogP contribution in [-0.2, 0) is 31.2 Å². The molecule has 3 aromatic rings. The number of aryl methyl sites for hydroxylation is 4. The van der Waals surface area contributed by atoms with E-state index in [1.54, 1.807) is 46.4 Å². The van der Waals surface area contributed by atoms with Gasteiger partial charge in [0.25, 0.3) is 11.5 Å². The van der Waals surface area contributed by atoms with Crippen molar-refractivity contribution < 1.29 is 9.59 Å². The molecule has 34 heavy (non-hydrogen) atoms. The summed E-state index contributed by atoms with van der Waals surface area (Å²) in [6, 6.07) is 0. The molecule has 0 aromatic carbocycles. The van der Waals surface area contributed by atoms with Crippen LogP contribution in [0, 0.1) is 5.92 Å². The predicted octanol–water partition coefficient (Wildman–Crippen LogP) is 2.13. The molecule has 9 nitrogen and oxygen atoms in total. The Hall–Kier alpha value is -3.01. The lowest BCUT2D eigenvalue weighted by atomic mass is 9.96. The SMILES string of the molecule is Cn1cc(C(=O)NCC2CCN(C(=O)CCn3cnc4sc5c(c4c3=O)CCCC5)CC2)cn1. The summed E-state index contributed by atoms with van der Waals surface area (Å²) in [5.41, 5.74) is 1.73. The first-order valence-corrected chi connectivity index (χ1v) is 12.9. The maximum absolute atomic E-state index is 13.1. The van der Waals surface area contributed by atoms with Crippen LogP contribution < -0.4 is 10.9 Å². The van der Waals surface area contributed by atoms with Crippen molar-refractivity contribution in [2.45, 2.75) is 51.5 Å². The Kier molecular flexibility index (Phi) is 6.49. The van der Waals surface area contributed by atoms with Gasteiger partial charge in [0.1, 0.15) is 4.83 Å². The molecule has 0 bridgehead atoms. The Morgan fingerprint density at radius 3 is 2.76 bits per heavy atom. The van der Waals surface area contributed by atoms with Crippen molar-refractivity contribution in [3.63, 3.8) is 0 Å². The Labute approximate surface area is 201 Å². The Bertz CT molecular complexity index is 1270. The van der Waals surface area contributed by atoms with E-state index in [0.717, 1.165) is 42.3 Å². The van der Waals surface area contributed by atoms with Crippen LogP contribution in [0.3, 0.4) is 0 Å². The molecule has 1 aliphatic heterocycles. The summed E-state index contributed by atoms with van der Waals surface area (Å²) in [4.78, 5) is 46.6. The van der Waals surface area contributed by atoms with Gasteiger partial charge < -0.3 is 10.2 Å². The highest BCUT2D eigenvalue weighted by Gasteiger charge is 2.24. The number of hydrogen-bond donors (Lipinski definition) is 1. The number of nitrogens with one attached hydrogen (secondary N) is 1. The molecule has 180 valence electrons. The van der Waals surface area contributed by atoms with E-state index in [9.17, 15) is 14.4 Å². The Morgan fingerprint density at radius 2 is 2.00 bits per heavy atom. The number of carbonyl (C=O) groups is 2. The Balaban J connectivity index is 1.12. The standard InChI is InChI=1S/C24H30N6O3S/c1-28-14-17(13-27-28)22(32)25-12-16-6-9-29(10-7-16)20(31)8-11-30-15-26-23-21(24(30)33)18-4-2-3-5-19(18)34-23/h13-16H,2-12H2,1H3,(H,25,32). The highest BCUT2D eigenvalue weighted by molar-refractivity contribution is 7.18. The summed E-state index contributed by atoms with van der Waals surface area (Å²) in [5, 5.41) is 7.76. The van der Waals surface area contributed by atoms with E-state index in [1.807, 2.05) is 4.90 Å². The van der Waals surface area contributed by atoms with Crippen LogP contribution in [0.5, 0.6) is 0 Å². The van der Waals surface area contributed by atoms with Gasteiger partial charge >= 0.3 is 0 Å². The van der Waals surface area contributed by atoms with Crippen molar-refractivity contribution in [1.82, 2.24) is 29.5 Å². The van der Waals surface area contributed by atoms with E-state index in [4.69, 9.17) is 0 Å². The predicted molar refractivity (Wildman–Crippen MR) is 130 cm³/mol. The maximum atomic E-state index is 13.1. The van der Waals surface area contributed by atoms with Gasteiger partial charge in [-0.05, 0) is 50.0 Å². The second-order valence-corrected chi connectivity index (χ2v) is 10.4. The van der Waals surface area contributed by atoms with Gasteiger partial charge in [0.05, 0.1) is 23.5 Å². The highest BCUT2D eigenvalue weighted by Crippen LogP contribution is 2.33. The molecule has 4 heterocycles. The second kappa shape index (κ2) is 9.69. The van der Waals surface area contributed by atoms with Gasteiger partial charge in [0, 0.05) is 50.7 Å². The fourth-order valence-electron chi connectivity index (χ4n) is 4.98. The lowest BCUT2D eigenvalue weighted by Gasteiger charge is -2.32. The van der Waals surface area contributed by atoms with Crippen molar-refractivity contribution >= 4 is 33.4 Å². The number of amides is 2. The minimum Gasteiger partial charge on any atom is -0.352 e. The molecule has 0 radical (unpaired) electrons. The number of nitrogens with zero attached hydrogens (tertiary/aromatic N) is 5. The molecule has 1 fully saturated rings. The molecule has 10 heteroatoms. The van der Waals surface area contributed by atoms with Crippen molar-refractivity contribution in [2.24, 2.45) is 13.0 Å². The molecular weight excluding hydrogens is 452 g/mol. The van der Waals surface area contributed by atoms with Crippen molar-refractivity contribution in [3.8, 4) is 0 Å². The zero-order chi connectivity index (χ0) is 23.7. The molecule has 2 amide bonds. The van der Waals surface area contributed by atoms with Crippen molar-refractivity contribution in [1.29, 1.82) is 0 Å². The molecule has 1 saturated heterocycles. The van der Waals surface area contributed by atoms with E-state index in [-0.39, 0.29) is 17.4 Å². The number of piperidine rings is 1. The molecule has 3 aromatic heterocycles. The van der Waals surface area contributed by atoms with Gasteiger partial charge in [-0.2, -0.15) is 5.10 Å². The van der Waals surface area contributed by atoms with Gasteiger partial charge in [0.2, 0.25) is 5.91 Å². The van der Waals surface area contributed by atoms with E-state index < -0.39 is 0 Å². The summed E-state index contributed by atoms with van der Waals surface area (Å²) >= 11 is 1.65. The smallest absolute Gasteiger partial charge is 0.262 e. The molecule has 5 rings (SSSR count). The number of aromatic nitrogens is 4. The number of hydrogen-bond acceptors (Lipinski definition) is 6. The number of thiophene rings is 1. The summed E-state index contributed by atoms with van der Waals surface area (Å²) in [6.07, 6.45) is 11.1. The largest absolute Gasteiger partial charge is 0.352 e. The highest BCUT2D eigenvalue weighted by atomic mass is 32.1. The van der Waals surface area contributed by atoms with Gasteiger partial charge in [-0.25, -0.2) is 4.98 Å². The topological polar surface area (TPSA) is 102 Å². The van der Waals surface area contributed by atoms with Crippen LogP contribution in [0.15, 0.2) is 23.5 Å². The van der Waals surface area contributed by atoms with Gasteiger partial charge in [-0.15, -0.1) is 11.3 Å².